The van der Waals surface area contributed by atoms with Crippen LogP contribution in [0.1, 0.15) is 21.5 Å². The first kappa shape index (κ1) is 23.8. The molecule has 0 spiro atoms. The second-order valence-corrected chi connectivity index (χ2v) is 9.46. The standard InChI is InChI=1S/C25H21N3O6S/c1-33-23-11-10-19(35(31,32)28-13-12-17-6-3-5-9-22(17)28)14-20(23)25(30)34-16-24(29)27-21-8-4-2-7-18(21)15-26/h2-11,14H,12-13,16H2,1H3,(H,27,29). The first-order valence-corrected chi connectivity index (χ1v) is 12.0. The summed E-state index contributed by atoms with van der Waals surface area (Å²) < 4.78 is 38.3. The number of nitrogens with one attached hydrogen (secondary N) is 1. The number of methoxy groups -OCH3 is 1. The molecular formula is C25H21N3O6S. The molecule has 9 nitrogen and oxygen atoms in total. The molecule has 0 unspecified atom stereocenters. The van der Waals surface area contributed by atoms with Crippen LogP contribution < -0.4 is 14.4 Å². The summed E-state index contributed by atoms with van der Waals surface area (Å²) in [5.41, 5.74) is 1.93. The van der Waals surface area contributed by atoms with Gasteiger partial charge in [-0.15, -0.1) is 0 Å². The molecule has 0 aromatic heterocycles. The lowest BCUT2D eigenvalue weighted by atomic mass is 10.2. The van der Waals surface area contributed by atoms with E-state index < -0.39 is 28.5 Å². The summed E-state index contributed by atoms with van der Waals surface area (Å²) in [4.78, 5) is 24.9. The maximum atomic E-state index is 13.3. The Bertz CT molecular complexity index is 1450. The number of para-hydroxylation sites is 2. The molecule has 0 atom stereocenters. The summed E-state index contributed by atoms with van der Waals surface area (Å²) in [5, 5.41) is 11.6. The van der Waals surface area contributed by atoms with Crippen LogP contribution in [-0.4, -0.2) is 40.6 Å². The zero-order chi connectivity index (χ0) is 25.0. The minimum atomic E-state index is -3.95. The van der Waals surface area contributed by atoms with E-state index in [0.29, 0.717) is 12.1 Å². The van der Waals surface area contributed by atoms with Crippen LogP contribution in [0.5, 0.6) is 5.75 Å². The molecule has 1 aliphatic heterocycles. The molecule has 35 heavy (non-hydrogen) atoms. The van der Waals surface area contributed by atoms with Crippen molar-refractivity contribution in [3.63, 3.8) is 0 Å². The van der Waals surface area contributed by atoms with Gasteiger partial charge in [0.05, 0.1) is 28.9 Å². The van der Waals surface area contributed by atoms with E-state index in [4.69, 9.17) is 14.7 Å². The van der Waals surface area contributed by atoms with Gasteiger partial charge in [-0.3, -0.25) is 9.10 Å². The number of carbonyl (C=O) groups is 2. The van der Waals surface area contributed by atoms with Crippen molar-refractivity contribution in [1.82, 2.24) is 0 Å². The second-order valence-electron chi connectivity index (χ2n) is 7.60. The number of amides is 1. The van der Waals surface area contributed by atoms with Crippen LogP contribution in [-0.2, 0) is 26.0 Å². The maximum absolute atomic E-state index is 13.3. The SMILES string of the molecule is COc1ccc(S(=O)(=O)N2CCc3ccccc32)cc1C(=O)OCC(=O)Nc1ccccc1C#N. The van der Waals surface area contributed by atoms with Crippen LogP contribution >= 0.6 is 0 Å². The van der Waals surface area contributed by atoms with E-state index in [-0.39, 0.29) is 34.0 Å². The van der Waals surface area contributed by atoms with Crippen LogP contribution in [0.25, 0.3) is 0 Å². The van der Waals surface area contributed by atoms with E-state index in [2.05, 4.69) is 5.32 Å². The van der Waals surface area contributed by atoms with Gasteiger partial charge in [-0.2, -0.15) is 5.26 Å². The van der Waals surface area contributed by atoms with Gasteiger partial charge in [0.15, 0.2) is 6.61 Å². The van der Waals surface area contributed by atoms with Crippen molar-refractivity contribution in [2.45, 2.75) is 11.3 Å². The molecule has 3 aromatic rings. The van der Waals surface area contributed by atoms with E-state index in [1.165, 1.54) is 35.7 Å². The number of nitriles is 1. The van der Waals surface area contributed by atoms with Crippen molar-refractivity contribution in [3.8, 4) is 11.8 Å². The van der Waals surface area contributed by atoms with Gasteiger partial charge in [-0.1, -0.05) is 30.3 Å². The lowest BCUT2D eigenvalue weighted by Crippen LogP contribution is -2.29. The second kappa shape index (κ2) is 9.87. The largest absolute Gasteiger partial charge is 0.496 e. The molecule has 10 heteroatoms. The lowest BCUT2D eigenvalue weighted by Gasteiger charge is -2.20. The Morgan fingerprint density at radius 3 is 2.60 bits per heavy atom. The first-order valence-electron chi connectivity index (χ1n) is 10.6. The third-order valence-electron chi connectivity index (χ3n) is 5.48. The fraction of sp³-hybridized carbons (Fsp3) is 0.160. The smallest absolute Gasteiger partial charge is 0.342 e. The van der Waals surface area contributed by atoms with Crippen molar-refractivity contribution in [3.05, 3.63) is 83.4 Å². The third-order valence-corrected chi connectivity index (χ3v) is 7.29. The topological polar surface area (TPSA) is 126 Å². The summed E-state index contributed by atoms with van der Waals surface area (Å²) in [6.07, 6.45) is 0.588. The molecule has 1 heterocycles. The zero-order valence-electron chi connectivity index (χ0n) is 18.7. The molecule has 0 bridgehead atoms. The summed E-state index contributed by atoms with van der Waals surface area (Å²) in [6.45, 7) is -0.351. The minimum absolute atomic E-state index is 0.102. The minimum Gasteiger partial charge on any atom is -0.496 e. The quantitative estimate of drug-likeness (QED) is 0.503. The number of ether oxygens (including phenoxy) is 2. The molecule has 0 fully saturated rings. The van der Waals surface area contributed by atoms with Crippen molar-refractivity contribution in [1.29, 1.82) is 5.26 Å². The van der Waals surface area contributed by atoms with Crippen molar-refractivity contribution < 1.29 is 27.5 Å². The average Bonchev–Trinajstić information content (AvgIpc) is 3.32. The summed E-state index contributed by atoms with van der Waals surface area (Å²) in [6, 6.07) is 19.5. The average molecular weight is 492 g/mol. The number of anilines is 2. The highest BCUT2D eigenvalue weighted by Gasteiger charge is 2.32. The molecule has 178 valence electrons. The van der Waals surface area contributed by atoms with Gasteiger partial charge >= 0.3 is 5.97 Å². The monoisotopic (exact) mass is 491 g/mol. The van der Waals surface area contributed by atoms with E-state index in [1.54, 1.807) is 30.3 Å². The number of fused-ring (bicyclic) bond motifs is 1. The highest BCUT2D eigenvalue weighted by atomic mass is 32.2. The van der Waals surface area contributed by atoms with Gasteiger partial charge in [-0.25, -0.2) is 13.2 Å². The molecule has 0 radical (unpaired) electrons. The van der Waals surface area contributed by atoms with Crippen molar-refractivity contribution in [2.24, 2.45) is 0 Å². The Morgan fingerprint density at radius 1 is 1.09 bits per heavy atom. The van der Waals surface area contributed by atoms with Gasteiger partial charge in [0.25, 0.3) is 15.9 Å². The first-order chi connectivity index (χ1) is 16.8. The van der Waals surface area contributed by atoms with Crippen LogP contribution in [0.2, 0.25) is 0 Å². The number of hydrogen-bond acceptors (Lipinski definition) is 7. The molecule has 0 saturated carbocycles. The Labute approximate surface area is 202 Å². The van der Waals surface area contributed by atoms with Gasteiger partial charge in [0.2, 0.25) is 0 Å². The Hall–Kier alpha value is -4.36. The Balaban J connectivity index is 1.52. The fourth-order valence-corrected chi connectivity index (χ4v) is 5.31. The van der Waals surface area contributed by atoms with Crippen LogP contribution in [0.15, 0.2) is 71.6 Å². The number of carbonyl (C=O) groups excluding carboxylic acids is 2. The molecule has 1 N–H and O–H groups in total. The highest BCUT2D eigenvalue weighted by molar-refractivity contribution is 7.92. The number of rotatable bonds is 7. The van der Waals surface area contributed by atoms with Crippen molar-refractivity contribution >= 4 is 33.3 Å². The number of sulfonamides is 1. The third kappa shape index (κ3) is 4.81. The zero-order valence-corrected chi connectivity index (χ0v) is 19.5. The lowest BCUT2D eigenvalue weighted by molar-refractivity contribution is -0.119. The Kier molecular flexibility index (Phi) is 6.71. The van der Waals surface area contributed by atoms with E-state index >= 15 is 0 Å². The normalized spacial score (nSPS) is 12.4. The number of nitrogens with zero attached hydrogens (tertiary/aromatic N) is 2. The van der Waals surface area contributed by atoms with E-state index in [0.717, 1.165) is 5.56 Å². The molecule has 3 aromatic carbocycles. The van der Waals surface area contributed by atoms with E-state index in [9.17, 15) is 18.0 Å². The number of esters is 1. The van der Waals surface area contributed by atoms with Crippen molar-refractivity contribution in [2.75, 3.05) is 29.9 Å². The number of hydrogen-bond donors (Lipinski definition) is 1. The van der Waals surface area contributed by atoms with Crippen LogP contribution in [0.3, 0.4) is 0 Å². The molecule has 0 saturated heterocycles. The van der Waals surface area contributed by atoms with Gasteiger partial charge in [0, 0.05) is 6.54 Å². The predicted molar refractivity (Wildman–Crippen MR) is 128 cm³/mol. The summed E-state index contributed by atoms with van der Waals surface area (Å²) >= 11 is 0. The molecule has 1 amide bonds. The maximum Gasteiger partial charge on any atom is 0.342 e. The molecule has 4 rings (SSSR count). The molecule has 0 aliphatic carbocycles. The fourth-order valence-electron chi connectivity index (χ4n) is 3.78. The molecular weight excluding hydrogens is 470 g/mol. The number of benzene rings is 3. The van der Waals surface area contributed by atoms with Gasteiger partial charge < -0.3 is 14.8 Å². The molecule has 1 aliphatic rings. The van der Waals surface area contributed by atoms with E-state index in [1.807, 2.05) is 18.2 Å². The Morgan fingerprint density at radius 2 is 1.83 bits per heavy atom. The summed E-state index contributed by atoms with van der Waals surface area (Å²) in [7, 11) is -2.62. The van der Waals surface area contributed by atoms with Gasteiger partial charge in [-0.05, 0) is 48.4 Å². The predicted octanol–water partition coefficient (Wildman–Crippen LogP) is 3.11. The van der Waals surface area contributed by atoms with Crippen LogP contribution in [0, 0.1) is 11.3 Å². The van der Waals surface area contributed by atoms with Crippen LogP contribution in [0.4, 0.5) is 11.4 Å². The van der Waals surface area contributed by atoms with Gasteiger partial charge in [0.1, 0.15) is 17.4 Å². The highest BCUT2D eigenvalue weighted by Crippen LogP contribution is 2.34. The summed E-state index contributed by atoms with van der Waals surface area (Å²) in [5.74, 6) is -1.48.